The third-order valence-electron chi connectivity index (χ3n) is 4.27. The second-order valence-electron chi connectivity index (χ2n) is 6.09. The first-order valence-corrected chi connectivity index (χ1v) is 8.02. The van der Waals surface area contributed by atoms with E-state index in [4.69, 9.17) is 9.90 Å². The lowest BCUT2D eigenvalue weighted by atomic mass is 10.1. The number of H-pyrrole nitrogens is 1. The summed E-state index contributed by atoms with van der Waals surface area (Å²) in [5.74, 6) is 1.03. The van der Waals surface area contributed by atoms with Crippen molar-refractivity contribution in [3.63, 3.8) is 0 Å². The number of imidazole rings is 1. The number of aryl methyl sites for hydroxylation is 1. The Bertz CT molecular complexity index is 708. The zero-order chi connectivity index (χ0) is 18.4. The topological polar surface area (TPSA) is 107 Å². The first kappa shape index (κ1) is 18.7. The molecule has 1 amide bonds. The van der Waals surface area contributed by atoms with Gasteiger partial charge in [0.1, 0.15) is 5.82 Å². The molecule has 9 heteroatoms. The van der Waals surface area contributed by atoms with E-state index in [0.717, 1.165) is 37.4 Å². The van der Waals surface area contributed by atoms with E-state index < -0.39 is 0 Å². The van der Waals surface area contributed by atoms with Crippen LogP contribution in [-0.4, -0.2) is 67.7 Å². The molecule has 2 aromatic heterocycles. The fourth-order valence-electron chi connectivity index (χ4n) is 3.03. The van der Waals surface area contributed by atoms with Crippen molar-refractivity contribution in [2.75, 3.05) is 20.6 Å². The summed E-state index contributed by atoms with van der Waals surface area (Å²) >= 11 is 0. The Labute approximate surface area is 146 Å². The monoisotopic (exact) mass is 348 g/mol. The predicted octanol–water partition coefficient (Wildman–Crippen LogP) is 0.883. The molecule has 1 saturated heterocycles. The maximum atomic E-state index is 12.3. The molecule has 3 rings (SSSR count). The maximum absolute atomic E-state index is 12.3. The quantitative estimate of drug-likeness (QED) is 0.795. The van der Waals surface area contributed by atoms with Gasteiger partial charge in [-0.2, -0.15) is 5.10 Å². The molecule has 9 nitrogen and oxygen atoms in total. The number of rotatable bonds is 4. The molecule has 2 aromatic rings. The van der Waals surface area contributed by atoms with Gasteiger partial charge in [-0.25, -0.2) is 4.98 Å². The van der Waals surface area contributed by atoms with Crippen LogP contribution in [0.25, 0.3) is 0 Å². The highest BCUT2D eigenvalue weighted by atomic mass is 16.3. The molecule has 2 N–H and O–H groups in total. The molecule has 1 atom stereocenters. The molecule has 0 saturated carbocycles. The number of nitrogens with zero attached hydrogens (tertiary/aromatic N) is 5. The summed E-state index contributed by atoms with van der Waals surface area (Å²) in [6.07, 6.45) is 7.55. The first-order chi connectivity index (χ1) is 12.0. The number of aromatic amines is 1. The number of hydrogen-bond acceptors (Lipinski definition) is 5. The maximum Gasteiger partial charge on any atom is 0.290 e. The van der Waals surface area contributed by atoms with Gasteiger partial charge in [0.05, 0.1) is 30.0 Å². The lowest BCUT2D eigenvalue weighted by Crippen LogP contribution is -2.28. The van der Waals surface area contributed by atoms with E-state index in [9.17, 15) is 4.79 Å². The zero-order valence-electron chi connectivity index (χ0n) is 14.7. The number of hydrogen-bond donors (Lipinski definition) is 2. The number of likely N-dealkylation sites (tertiary alicyclic amines) is 1. The van der Waals surface area contributed by atoms with Crippen LogP contribution < -0.4 is 0 Å². The molecule has 1 aliphatic heterocycles. The number of nitrogens with one attached hydrogen (secondary N) is 1. The summed E-state index contributed by atoms with van der Waals surface area (Å²) in [7, 11) is 5.53. The highest BCUT2D eigenvalue weighted by Crippen LogP contribution is 2.33. The van der Waals surface area contributed by atoms with Crippen molar-refractivity contribution < 1.29 is 14.7 Å². The van der Waals surface area contributed by atoms with Crippen molar-refractivity contribution in [2.24, 2.45) is 7.05 Å². The lowest BCUT2D eigenvalue weighted by Gasteiger charge is -2.24. The van der Waals surface area contributed by atoms with Crippen LogP contribution in [0.2, 0.25) is 0 Å². The van der Waals surface area contributed by atoms with Gasteiger partial charge in [0.15, 0.2) is 0 Å². The third kappa shape index (κ3) is 4.24. The average Bonchev–Trinajstić information content (AvgIpc) is 3.29. The molecule has 0 aliphatic carbocycles. The summed E-state index contributed by atoms with van der Waals surface area (Å²) in [6.45, 7) is 1.54. The van der Waals surface area contributed by atoms with Crippen LogP contribution in [0.3, 0.4) is 0 Å². The Balaban J connectivity index is 0.000000701. The molecule has 1 aliphatic rings. The molecule has 3 heterocycles. The summed E-state index contributed by atoms with van der Waals surface area (Å²) < 4.78 is 2.04. The van der Waals surface area contributed by atoms with E-state index in [0.29, 0.717) is 5.56 Å². The van der Waals surface area contributed by atoms with Gasteiger partial charge < -0.3 is 14.6 Å². The van der Waals surface area contributed by atoms with Crippen LogP contribution in [-0.2, 0) is 18.4 Å². The standard InChI is InChI=1S/C15H22N6O.CH2O2/c1-19(2)15(22)11-9-17-18-14(11)12-5-4-7-21(12)10-13-16-6-8-20(13)3;2-1-3/h6,8-9,12H,4-5,7,10H2,1-3H3,(H,17,18);1H,(H,2,3). The van der Waals surface area contributed by atoms with Crippen LogP contribution >= 0.6 is 0 Å². The minimum Gasteiger partial charge on any atom is -0.483 e. The summed E-state index contributed by atoms with van der Waals surface area (Å²) in [6, 6.07) is 0.193. The van der Waals surface area contributed by atoms with Crippen LogP contribution in [0.15, 0.2) is 18.6 Å². The van der Waals surface area contributed by atoms with Gasteiger partial charge >= 0.3 is 0 Å². The Morgan fingerprint density at radius 1 is 1.52 bits per heavy atom. The zero-order valence-corrected chi connectivity index (χ0v) is 14.7. The third-order valence-corrected chi connectivity index (χ3v) is 4.27. The molecule has 0 aromatic carbocycles. The summed E-state index contributed by atoms with van der Waals surface area (Å²) in [5, 5.41) is 14.0. The van der Waals surface area contributed by atoms with E-state index in [1.54, 1.807) is 25.2 Å². The number of aromatic nitrogens is 4. The van der Waals surface area contributed by atoms with Crippen molar-refractivity contribution >= 4 is 12.4 Å². The smallest absolute Gasteiger partial charge is 0.290 e. The largest absolute Gasteiger partial charge is 0.483 e. The molecule has 0 bridgehead atoms. The van der Waals surface area contributed by atoms with Gasteiger partial charge in [0.2, 0.25) is 0 Å². The van der Waals surface area contributed by atoms with Crippen LogP contribution in [0, 0.1) is 0 Å². The number of carboxylic acid groups (broad SMARTS) is 1. The Morgan fingerprint density at radius 2 is 2.24 bits per heavy atom. The molecule has 0 spiro atoms. The first-order valence-electron chi connectivity index (χ1n) is 8.02. The molecular formula is C16H24N6O3. The van der Waals surface area contributed by atoms with Crippen molar-refractivity contribution in [3.05, 3.63) is 35.7 Å². The molecule has 1 unspecified atom stereocenters. The van der Waals surface area contributed by atoms with Crippen LogP contribution in [0.1, 0.15) is 40.8 Å². The van der Waals surface area contributed by atoms with Gasteiger partial charge in [-0.1, -0.05) is 0 Å². The van der Waals surface area contributed by atoms with Gasteiger partial charge in [-0.15, -0.1) is 0 Å². The molecule has 136 valence electrons. The fourth-order valence-corrected chi connectivity index (χ4v) is 3.03. The second-order valence-corrected chi connectivity index (χ2v) is 6.09. The van der Waals surface area contributed by atoms with Crippen LogP contribution in [0.5, 0.6) is 0 Å². The van der Waals surface area contributed by atoms with Gasteiger partial charge in [0, 0.05) is 33.5 Å². The summed E-state index contributed by atoms with van der Waals surface area (Å²) in [5.41, 5.74) is 1.59. The van der Waals surface area contributed by atoms with Gasteiger partial charge in [-0.05, 0) is 19.4 Å². The number of carbonyl (C=O) groups excluding carboxylic acids is 1. The minimum absolute atomic E-state index is 0.00686. The normalized spacial score (nSPS) is 17.0. The SMILES string of the molecule is CN(C)C(=O)c1cn[nH]c1C1CCCN1Cc1nccn1C.O=CO. The van der Waals surface area contributed by atoms with Crippen molar-refractivity contribution in [2.45, 2.75) is 25.4 Å². The molecule has 1 fully saturated rings. The van der Waals surface area contributed by atoms with Crippen molar-refractivity contribution in [1.82, 2.24) is 29.5 Å². The highest BCUT2D eigenvalue weighted by molar-refractivity contribution is 5.94. The Hall–Kier alpha value is -2.68. The number of amides is 1. The van der Waals surface area contributed by atoms with E-state index in [1.165, 1.54) is 0 Å². The van der Waals surface area contributed by atoms with Gasteiger partial charge in [-0.3, -0.25) is 19.6 Å². The Morgan fingerprint density at radius 3 is 2.84 bits per heavy atom. The highest BCUT2D eigenvalue weighted by Gasteiger charge is 2.31. The molecule has 25 heavy (non-hydrogen) atoms. The van der Waals surface area contributed by atoms with Crippen molar-refractivity contribution in [1.29, 1.82) is 0 Å². The molecular weight excluding hydrogens is 324 g/mol. The predicted molar refractivity (Wildman–Crippen MR) is 90.9 cm³/mol. The van der Waals surface area contributed by atoms with Gasteiger partial charge in [0.25, 0.3) is 12.4 Å². The lowest BCUT2D eigenvalue weighted by molar-refractivity contribution is -0.122. The summed E-state index contributed by atoms with van der Waals surface area (Å²) in [4.78, 5) is 29.0. The second kappa shape index (κ2) is 8.43. The van der Waals surface area contributed by atoms with Crippen LogP contribution in [0.4, 0.5) is 0 Å². The molecule has 0 radical (unpaired) electrons. The number of carbonyl (C=O) groups is 2. The van der Waals surface area contributed by atoms with E-state index in [-0.39, 0.29) is 18.4 Å². The van der Waals surface area contributed by atoms with Crippen molar-refractivity contribution in [3.8, 4) is 0 Å². The van der Waals surface area contributed by atoms with E-state index >= 15 is 0 Å². The minimum atomic E-state index is -0.250. The fraction of sp³-hybridized carbons (Fsp3) is 0.500. The van der Waals surface area contributed by atoms with E-state index in [1.807, 2.05) is 24.0 Å². The average molecular weight is 348 g/mol. The Kier molecular flexibility index (Phi) is 6.29. The van der Waals surface area contributed by atoms with E-state index in [2.05, 4.69) is 20.1 Å².